The van der Waals surface area contributed by atoms with Crippen molar-refractivity contribution in [2.45, 2.75) is 77.6 Å². The molecule has 1 saturated heterocycles. The lowest BCUT2D eigenvalue weighted by molar-refractivity contribution is 0.156. The average molecular weight is 397 g/mol. The van der Waals surface area contributed by atoms with Crippen LogP contribution in [0, 0.1) is 20.8 Å². The molecule has 156 valence electrons. The summed E-state index contributed by atoms with van der Waals surface area (Å²) in [6.45, 7) is 7.04. The Balaban J connectivity index is 1.55. The summed E-state index contributed by atoms with van der Waals surface area (Å²) in [4.78, 5) is 4.89. The van der Waals surface area contributed by atoms with Crippen LogP contribution in [0.15, 0.2) is 18.2 Å². The third-order valence-electron chi connectivity index (χ3n) is 6.62. The molecule has 4 rings (SSSR count). The van der Waals surface area contributed by atoms with Crippen molar-refractivity contribution in [3.63, 3.8) is 0 Å². The number of hydrogen-bond acceptors (Lipinski definition) is 5. The molecule has 2 fully saturated rings. The maximum Gasteiger partial charge on any atom is 0.183 e. The number of aliphatic hydroxyl groups is 1. The van der Waals surface area contributed by atoms with E-state index in [4.69, 9.17) is 9.72 Å². The van der Waals surface area contributed by atoms with Crippen LogP contribution in [0.25, 0.3) is 0 Å². The lowest BCUT2D eigenvalue weighted by atomic mass is 9.86. The molecule has 3 N–H and O–H groups in total. The van der Waals surface area contributed by atoms with Crippen LogP contribution in [-0.4, -0.2) is 34.1 Å². The third-order valence-corrected chi connectivity index (χ3v) is 6.62. The number of nitrogens with one attached hydrogen (secondary N) is 1. The Hall–Kier alpha value is -2.11. The summed E-state index contributed by atoms with van der Waals surface area (Å²) in [7, 11) is 0. The Kier molecular flexibility index (Phi) is 5.79. The second-order valence-electron chi connectivity index (χ2n) is 8.63. The van der Waals surface area contributed by atoms with Crippen molar-refractivity contribution in [2.24, 2.45) is 0 Å². The lowest BCUT2D eigenvalue weighted by Gasteiger charge is -2.22. The highest BCUT2D eigenvalue weighted by atomic mass is 16.7. The van der Waals surface area contributed by atoms with Crippen LogP contribution in [0.4, 0.5) is 5.69 Å². The summed E-state index contributed by atoms with van der Waals surface area (Å²) in [6, 6.07) is 5.95. The number of pyridine rings is 1. The SMILES string of the molecule is Cc1cc(NCC2OC2O)c(C)c(C)c1Cc1ccc(O)c(C2CCCCC2)n1. The number of rotatable bonds is 6. The van der Waals surface area contributed by atoms with Crippen molar-refractivity contribution in [1.29, 1.82) is 0 Å². The molecule has 29 heavy (non-hydrogen) atoms. The summed E-state index contributed by atoms with van der Waals surface area (Å²) in [5.74, 6) is 0.730. The fourth-order valence-corrected chi connectivity index (χ4v) is 4.55. The first-order valence-corrected chi connectivity index (χ1v) is 10.8. The number of nitrogens with zero attached hydrogens (tertiary/aromatic N) is 1. The van der Waals surface area contributed by atoms with Gasteiger partial charge in [0.25, 0.3) is 0 Å². The smallest absolute Gasteiger partial charge is 0.183 e. The molecule has 2 unspecified atom stereocenters. The molecule has 0 bridgehead atoms. The largest absolute Gasteiger partial charge is 0.506 e. The highest BCUT2D eigenvalue weighted by molar-refractivity contribution is 5.59. The molecule has 0 spiro atoms. The Morgan fingerprint density at radius 3 is 2.52 bits per heavy atom. The van der Waals surface area contributed by atoms with Crippen molar-refractivity contribution in [3.05, 3.63) is 51.8 Å². The van der Waals surface area contributed by atoms with E-state index in [1.165, 1.54) is 41.5 Å². The van der Waals surface area contributed by atoms with Crippen molar-refractivity contribution < 1.29 is 14.9 Å². The van der Waals surface area contributed by atoms with E-state index < -0.39 is 6.29 Å². The number of aryl methyl sites for hydroxylation is 1. The molecule has 1 aromatic heterocycles. The van der Waals surface area contributed by atoms with Gasteiger partial charge in [-0.1, -0.05) is 19.3 Å². The summed E-state index contributed by atoms with van der Waals surface area (Å²) < 4.78 is 5.08. The summed E-state index contributed by atoms with van der Waals surface area (Å²) >= 11 is 0. The van der Waals surface area contributed by atoms with E-state index in [0.29, 0.717) is 18.2 Å². The number of epoxide rings is 1. The standard InChI is InChI=1S/C24H32N2O3/c1-14-11-20(25-13-22-24(28)29-22)16(3)15(2)19(14)12-18-9-10-21(27)23(26-18)17-7-5-4-6-8-17/h9-11,17,22,24-25,27-28H,4-8,12-13H2,1-3H3. The number of hydrogen-bond donors (Lipinski definition) is 3. The molecule has 1 aliphatic carbocycles. The van der Waals surface area contributed by atoms with Crippen LogP contribution >= 0.6 is 0 Å². The van der Waals surface area contributed by atoms with E-state index in [1.54, 1.807) is 0 Å². The number of aromatic hydroxyl groups is 1. The van der Waals surface area contributed by atoms with E-state index in [9.17, 15) is 10.2 Å². The molecule has 1 saturated carbocycles. The Labute approximate surface area is 173 Å². The van der Waals surface area contributed by atoms with Gasteiger partial charge in [0.15, 0.2) is 6.29 Å². The highest BCUT2D eigenvalue weighted by Crippen LogP contribution is 2.36. The van der Waals surface area contributed by atoms with Gasteiger partial charge in [-0.15, -0.1) is 0 Å². The van der Waals surface area contributed by atoms with Gasteiger partial charge in [-0.3, -0.25) is 4.98 Å². The molecule has 0 amide bonds. The molecule has 5 nitrogen and oxygen atoms in total. The fraction of sp³-hybridized carbons (Fsp3) is 0.542. The molecule has 1 aliphatic heterocycles. The predicted octanol–water partition coefficient (Wildman–Crippen LogP) is 4.48. The molecule has 2 heterocycles. The van der Waals surface area contributed by atoms with E-state index in [1.807, 2.05) is 12.1 Å². The minimum absolute atomic E-state index is 0.103. The van der Waals surface area contributed by atoms with Gasteiger partial charge in [0.05, 0.1) is 5.69 Å². The first-order chi connectivity index (χ1) is 13.9. The van der Waals surface area contributed by atoms with E-state index >= 15 is 0 Å². The first-order valence-electron chi connectivity index (χ1n) is 10.8. The maximum atomic E-state index is 10.4. The number of aromatic nitrogens is 1. The van der Waals surface area contributed by atoms with E-state index in [0.717, 1.165) is 36.3 Å². The van der Waals surface area contributed by atoms with Gasteiger partial charge in [-0.05, 0) is 74.1 Å². The fourth-order valence-electron chi connectivity index (χ4n) is 4.55. The van der Waals surface area contributed by atoms with Crippen LogP contribution in [-0.2, 0) is 11.2 Å². The summed E-state index contributed by atoms with van der Waals surface area (Å²) in [6.07, 6.45) is 6.04. The molecule has 2 atom stereocenters. The molecule has 2 aliphatic rings. The second-order valence-corrected chi connectivity index (χ2v) is 8.63. The number of anilines is 1. The van der Waals surface area contributed by atoms with Gasteiger partial charge in [-0.25, -0.2) is 0 Å². The molecular weight excluding hydrogens is 364 g/mol. The number of aliphatic hydroxyl groups excluding tert-OH is 1. The van der Waals surface area contributed by atoms with Gasteiger partial charge in [0, 0.05) is 30.3 Å². The Morgan fingerprint density at radius 1 is 1.10 bits per heavy atom. The zero-order chi connectivity index (χ0) is 20.5. The van der Waals surface area contributed by atoms with Crippen LogP contribution in [0.2, 0.25) is 0 Å². The monoisotopic (exact) mass is 396 g/mol. The zero-order valence-corrected chi connectivity index (χ0v) is 17.7. The van der Waals surface area contributed by atoms with Crippen molar-refractivity contribution in [1.82, 2.24) is 4.98 Å². The Morgan fingerprint density at radius 2 is 1.83 bits per heavy atom. The number of benzene rings is 1. The quantitative estimate of drug-likeness (QED) is 0.628. The maximum absolute atomic E-state index is 10.4. The van der Waals surface area contributed by atoms with Gasteiger partial charge in [0.1, 0.15) is 11.9 Å². The lowest BCUT2D eigenvalue weighted by Crippen LogP contribution is -2.13. The minimum Gasteiger partial charge on any atom is -0.506 e. The third kappa shape index (κ3) is 4.41. The molecule has 1 aromatic carbocycles. The van der Waals surface area contributed by atoms with Crippen molar-refractivity contribution in [3.8, 4) is 5.75 Å². The van der Waals surface area contributed by atoms with E-state index in [2.05, 4.69) is 32.2 Å². The van der Waals surface area contributed by atoms with Crippen LogP contribution in [0.5, 0.6) is 5.75 Å². The van der Waals surface area contributed by atoms with Crippen LogP contribution in [0.1, 0.15) is 71.7 Å². The topological polar surface area (TPSA) is 77.9 Å². The number of ether oxygens (including phenoxy) is 1. The van der Waals surface area contributed by atoms with Crippen LogP contribution in [0.3, 0.4) is 0 Å². The summed E-state index contributed by atoms with van der Waals surface area (Å²) in [5.41, 5.74) is 7.99. The van der Waals surface area contributed by atoms with Gasteiger partial charge < -0.3 is 20.3 Å². The molecule has 0 radical (unpaired) electrons. The van der Waals surface area contributed by atoms with Gasteiger partial charge >= 0.3 is 0 Å². The zero-order valence-electron chi connectivity index (χ0n) is 17.7. The second kappa shape index (κ2) is 8.33. The normalized spacial score (nSPS) is 21.9. The predicted molar refractivity (Wildman–Crippen MR) is 115 cm³/mol. The molecule has 2 aromatic rings. The Bertz CT molecular complexity index is 890. The van der Waals surface area contributed by atoms with Crippen molar-refractivity contribution in [2.75, 3.05) is 11.9 Å². The highest BCUT2D eigenvalue weighted by Gasteiger charge is 2.36. The molecular formula is C24H32N2O3. The molecule has 5 heteroatoms. The summed E-state index contributed by atoms with van der Waals surface area (Å²) in [5, 5.41) is 23.1. The van der Waals surface area contributed by atoms with Gasteiger partial charge in [-0.2, -0.15) is 0 Å². The van der Waals surface area contributed by atoms with E-state index in [-0.39, 0.29) is 6.10 Å². The van der Waals surface area contributed by atoms with Crippen LogP contribution < -0.4 is 5.32 Å². The average Bonchev–Trinajstić information content (AvgIpc) is 3.44. The van der Waals surface area contributed by atoms with Gasteiger partial charge in [0.2, 0.25) is 0 Å². The van der Waals surface area contributed by atoms with Crippen molar-refractivity contribution >= 4 is 5.69 Å². The first kappa shape index (κ1) is 20.2. The minimum atomic E-state index is -0.622.